The molecular weight excluding hydrogens is 300 g/mol. The van der Waals surface area contributed by atoms with Gasteiger partial charge in [0.2, 0.25) is 5.91 Å². The Kier molecular flexibility index (Phi) is 7.57. The summed E-state index contributed by atoms with van der Waals surface area (Å²) >= 11 is 0. The van der Waals surface area contributed by atoms with Gasteiger partial charge in [-0.15, -0.1) is 12.4 Å². The quantitative estimate of drug-likeness (QED) is 0.890. The normalized spacial score (nSPS) is 11.4. The SMILES string of the molecule is CCN(Cc1ccncc1)C(=O)[C@H](CO)c1ccccc1.Cl. The average Bonchev–Trinajstić information content (AvgIpc) is 2.55. The Hall–Kier alpha value is -1.91. The van der Waals surface area contributed by atoms with Crippen LogP contribution in [0.25, 0.3) is 0 Å². The zero-order valence-electron chi connectivity index (χ0n) is 12.6. The van der Waals surface area contributed by atoms with Crippen LogP contribution in [-0.4, -0.2) is 34.0 Å². The number of halogens is 1. The highest BCUT2D eigenvalue weighted by Gasteiger charge is 2.24. The predicted octanol–water partition coefficient (Wildman–Crippen LogP) is 2.63. The fraction of sp³-hybridized carbons (Fsp3) is 0.294. The molecule has 0 radical (unpaired) electrons. The second-order valence-corrected chi connectivity index (χ2v) is 4.85. The number of likely N-dealkylation sites (N-methyl/N-ethyl adjacent to an activating group) is 1. The number of pyridine rings is 1. The van der Waals surface area contributed by atoms with Crippen LogP contribution in [0.3, 0.4) is 0 Å². The van der Waals surface area contributed by atoms with Crippen molar-refractivity contribution >= 4 is 18.3 Å². The van der Waals surface area contributed by atoms with Crippen molar-refractivity contribution < 1.29 is 9.90 Å². The van der Waals surface area contributed by atoms with Gasteiger partial charge in [-0.2, -0.15) is 0 Å². The maximum atomic E-state index is 12.7. The van der Waals surface area contributed by atoms with Crippen LogP contribution in [-0.2, 0) is 11.3 Å². The van der Waals surface area contributed by atoms with Crippen LogP contribution < -0.4 is 0 Å². The molecule has 4 nitrogen and oxygen atoms in total. The molecule has 1 heterocycles. The van der Waals surface area contributed by atoms with Gasteiger partial charge in [0.1, 0.15) is 0 Å². The number of amides is 1. The van der Waals surface area contributed by atoms with E-state index in [9.17, 15) is 9.90 Å². The van der Waals surface area contributed by atoms with E-state index in [2.05, 4.69) is 4.98 Å². The first-order valence-corrected chi connectivity index (χ1v) is 7.09. The lowest BCUT2D eigenvalue weighted by atomic mass is 9.98. The summed E-state index contributed by atoms with van der Waals surface area (Å²) in [6.45, 7) is 2.89. The second-order valence-electron chi connectivity index (χ2n) is 4.85. The Morgan fingerprint density at radius 3 is 2.36 bits per heavy atom. The largest absolute Gasteiger partial charge is 0.395 e. The molecule has 118 valence electrons. The second kappa shape index (κ2) is 9.18. The van der Waals surface area contributed by atoms with Crippen molar-refractivity contribution in [2.75, 3.05) is 13.2 Å². The molecule has 2 rings (SSSR count). The molecule has 0 saturated carbocycles. The maximum absolute atomic E-state index is 12.7. The Morgan fingerprint density at radius 2 is 1.82 bits per heavy atom. The third-order valence-corrected chi connectivity index (χ3v) is 3.50. The van der Waals surface area contributed by atoms with E-state index in [1.807, 2.05) is 49.4 Å². The molecule has 0 saturated heterocycles. The van der Waals surface area contributed by atoms with Gasteiger partial charge in [0.05, 0.1) is 12.5 Å². The summed E-state index contributed by atoms with van der Waals surface area (Å²) in [4.78, 5) is 18.4. The third-order valence-electron chi connectivity index (χ3n) is 3.50. The number of hydrogen-bond donors (Lipinski definition) is 1. The molecule has 0 unspecified atom stereocenters. The Balaban J connectivity index is 0.00000242. The van der Waals surface area contributed by atoms with E-state index in [1.54, 1.807) is 17.3 Å². The van der Waals surface area contributed by atoms with Crippen molar-refractivity contribution in [1.29, 1.82) is 0 Å². The standard InChI is InChI=1S/C17H20N2O2.ClH/c1-2-19(12-14-8-10-18-11-9-14)17(21)16(13-20)15-6-4-3-5-7-15;/h3-11,16,20H,2,12-13H2,1H3;1H/t16-;/m1./s1. The molecule has 1 aromatic carbocycles. The van der Waals surface area contributed by atoms with E-state index in [-0.39, 0.29) is 24.9 Å². The van der Waals surface area contributed by atoms with Crippen molar-refractivity contribution in [3.63, 3.8) is 0 Å². The van der Waals surface area contributed by atoms with Gasteiger partial charge >= 0.3 is 0 Å². The third kappa shape index (κ3) is 4.55. The van der Waals surface area contributed by atoms with Crippen LogP contribution in [0.2, 0.25) is 0 Å². The lowest BCUT2D eigenvalue weighted by molar-refractivity contribution is -0.134. The number of aromatic nitrogens is 1. The molecule has 2 aromatic rings. The average molecular weight is 321 g/mol. The molecule has 0 bridgehead atoms. The molecule has 22 heavy (non-hydrogen) atoms. The Bertz CT molecular complexity index is 563. The Labute approximate surface area is 137 Å². The zero-order chi connectivity index (χ0) is 15.1. The highest BCUT2D eigenvalue weighted by molar-refractivity contribution is 5.85. The minimum atomic E-state index is -0.506. The molecule has 1 N–H and O–H groups in total. The smallest absolute Gasteiger partial charge is 0.232 e. The first-order chi connectivity index (χ1) is 10.3. The monoisotopic (exact) mass is 320 g/mol. The number of rotatable bonds is 6. The molecule has 0 aliphatic rings. The molecule has 0 aliphatic heterocycles. The van der Waals surface area contributed by atoms with E-state index < -0.39 is 5.92 Å². The van der Waals surface area contributed by atoms with Gasteiger partial charge in [0.15, 0.2) is 0 Å². The first-order valence-electron chi connectivity index (χ1n) is 7.09. The van der Waals surface area contributed by atoms with E-state index in [0.29, 0.717) is 13.1 Å². The van der Waals surface area contributed by atoms with Gasteiger partial charge in [-0.25, -0.2) is 0 Å². The van der Waals surface area contributed by atoms with Gasteiger partial charge in [0.25, 0.3) is 0 Å². The lowest BCUT2D eigenvalue weighted by Gasteiger charge is -2.25. The van der Waals surface area contributed by atoms with Crippen molar-refractivity contribution in [3.8, 4) is 0 Å². The van der Waals surface area contributed by atoms with Crippen molar-refractivity contribution in [3.05, 3.63) is 66.0 Å². The van der Waals surface area contributed by atoms with Crippen LogP contribution in [0, 0.1) is 0 Å². The Morgan fingerprint density at radius 1 is 1.18 bits per heavy atom. The summed E-state index contributed by atoms with van der Waals surface area (Å²) in [5.74, 6) is -0.559. The van der Waals surface area contributed by atoms with Gasteiger partial charge in [-0.1, -0.05) is 30.3 Å². The van der Waals surface area contributed by atoms with E-state index in [4.69, 9.17) is 0 Å². The molecule has 0 fully saturated rings. The van der Waals surface area contributed by atoms with E-state index >= 15 is 0 Å². The molecular formula is C17H21ClN2O2. The van der Waals surface area contributed by atoms with Crippen molar-refractivity contribution in [2.24, 2.45) is 0 Å². The van der Waals surface area contributed by atoms with Crippen LogP contribution in [0.4, 0.5) is 0 Å². The molecule has 1 atom stereocenters. The summed E-state index contributed by atoms with van der Waals surface area (Å²) in [7, 11) is 0. The summed E-state index contributed by atoms with van der Waals surface area (Å²) in [5.41, 5.74) is 1.88. The minimum absolute atomic E-state index is 0. The number of aliphatic hydroxyl groups is 1. The summed E-state index contributed by atoms with van der Waals surface area (Å²) in [5, 5.41) is 9.60. The zero-order valence-corrected chi connectivity index (χ0v) is 13.4. The van der Waals surface area contributed by atoms with Gasteiger partial charge < -0.3 is 10.0 Å². The first kappa shape index (κ1) is 18.1. The fourth-order valence-corrected chi connectivity index (χ4v) is 2.29. The van der Waals surface area contributed by atoms with E-state index in [0.717, 1.165) is 11.1 Å². The van der Waals surface area contributed by atoms with Gasteiger partial charge in [0, 0.05) is 25.5 Å². The molecule has 5 heteroatoms. The summed E-state index contributed by atoms with van der Waals surface area (Å²) in [6, 6.07) is 13.2. The fourth-order valence-electron chi connectivity index (χ4n) is 2.29. The number of carbonyl (C=O) groups excluding carboxylic acids is 1. The van der Waals surface area contributed by atoms with Crippen LogP contribution >= 0.6 is 12.4 Å². The lowest BCUT2D eigenvalue weighted by Crippen LogP contribution is -2.36. The summed E-state index contributed by atoms with van der Waals surface area (Å²) < 4.78 is 0. The highest BCUT2D eigenvalue weighted by atomic mass is 35.5. The predicted molar refractivity (Wildman–Crippen MR) is 88.8 cm³/mol. The number of carbonyl (C=O) groups is 1. The summed E-state index contributed by atoms with van der Waals surface area (Å²) in [6.07, 6.45) is 3.43. The van der Waals surface area contributed by atoms with Crippen LogP contribution in [0.15, 0.2) is 54.9 Å². The van der Waals surface area contributed by atoms with Crippen LogP contribution in [0.1, 0.15) is 24.0 Å². The topological polar surface area (TPSA) is 53.4 Å². The number of benzene rings is 1. The minimum Gasteiger partial charge on any atom is -0.395 e. The number of hydrogen-bond acceptors (Lipinski definition) is 3. The van der Waals surface area contributed by atoms with Gasteiger partial charge in [-0.05, 0) is 30.2 Å². The van der Waals surface area contributed by atoms with Gasteiger partial charge in [-0.3, -0.25) is 9.78 Å². The van der Waals surface area contributed by atoms with Crippen molar-refractivity contribution in [2.45, 2.75) is 19.4 Å². The maximum Gasteiger partial charge on any atom is 0.232 e. The van der Waals surface area contributed by atoms with E-state index in [1.165, 1.54) is 0 Å². The highest BCUT2D eigenvalue weighted by Crippen LogP contribution is 2.19. The number of aliphatic hydroxyl groups excluding tert-OH is 1. The number of nitrogens with zero attached hydrogens (tertiary/aromatic N) is 2. The molecule has 0 spiro atoms. The molecule has 0 aliphatic carbocycles. The van der Waals surface area contributed by atoms with Crippen molar-refractivity contribution in [1.82, 2.24) is 9.88 Å². The molecule has 1 aromatic heterocycles. The van der Waals surface area contributed by atoms with Crippen LogP contribution in [0.5, 0.6) is 0 Å². The molecule has 1 amide bonds.